The Kier molecular flexibility index (Phi) is 4.68. The summed E-state index contributed by atoms with van der Waals surface area (Å²) < 4.78 is 49.7. The number of hydrogen-bond acceptors (Lipinski definition) is 5. The van der Waals surface area contributed by atoms with Crippen LogP contribution in [0, 0.1) is 17.5 Å². The molecule has 172 valence electrons. The molecule has 0 radical (unpaired) electrons. The summed E-state index contributed by atoms with van der Waals surface area (Å²) in [6.07, 6.45) is 4.87. The van der Waals surface area contributed by atoms with E-state index < -0.39 is 17.5 Å². The van der Waals surface area contributed by atoms with Crippen LogP contribution in [0.25, 0.3) is 28.1 Å². The van der Waals surface area contributed by atoms with Crippen molar-refractivity contribution < 1.29 is 17.9 Å². The monoisotopic (exact) mass is 464 g/mol. The van der Waals surface area contributed by atoms with Crippen LogP contribution in [0.3, 0.4) is 0 Å². The van der Waals surface area contributed by atoms with Gasteiger partial charge in [0.15, 0.2) is 17.2 Å². The summed E-state index contributed by atoms with van der Waals surface area (Å²) in [6, 6.07) is 8.21. The van der Waals surface area contributed by atoms with E-state index in [2.05, 4.69) is 15.1 Å². The molecule has 1 aliphatic rings. The van der Waals surface area contributed by atoms with Crippen LogP contribution < -0.4 is 9.64 Å². The van der Waals surface area contributed by atoms with Crippen LogP contribution in [0.2, 0.25) is 0 Å². The fourth-order valence-corrected chi connectivity index (χ4v) is 4.63. The quantitative estimate of drug-likeness (QED) is 0.404. The Morgan fingerprint density at radius 2 is 1.97 bits per heavy atom. The maximum Gasteiger partial charge on any atom is 0.192 e. The molecule has 0 aliphatic carbocycles. The average molecular weight is 464 g/mol. The van der Waals surface area contributed by atoms with E-state index in [4.69, 9.17) is 9.72 Å². The maximum atomic E-state index is 14.7. The molecule has 1 N–H and O–H groups in total. The Hall–Kier alpha value is -4.08. The van der Waals surface area contributed by atoms with Crippen LogP contribution in [0.4, 0.5) is 19.0 Å². The van der Waals surface area contributed by atoms with E-state index in [0.29, 0.717) is 46.9 Å². The smallest absolute Gasteiger partial charge is 0.192 e. The van der Waals surface area contributed by atoms with E-state index in [9.17, 15) is 13.2 Å². The predicted molar refractivity (Wildman–Crippen MR) is 120 cm³/mol. The van der Waals surface area contributed by atoms with Crippen molar-refractivity contribution in [3.05, 3.63) is 71.8 Å². The number of nitrogens with zero attached hydrogens (tertiary/aromatic N) is 5. The highest BCUT2D eigenvalue weighted by Gasteiger charge is 2.30. The molecular formula is C24H19F3N6O. The molecule has 0 bridgehead atoms. The Morgan fingerprint density at radius 1 is 1.09 bits per heavy atom. The van der Waals surface area contributed by atoms with Gasteiger partial charge in [0, 0.05) is 18.3 Å². The Balaban J connectivity index is 1.43. The lowest BCUT2D eigenvalue weighted by atomic mass is 10.0. The molecular weight excluding hydrogens is 445 g/mol. The van der Waals surface area contributed by atoms with E-state index in [1.54, 1.807) is 29.0 Å². The van der Waals surface area contributed by atoms with Crippen LogP contribution in [-0.2, 0) is 0 Å². The van der Waals surface area contributed by atoms with Crippen LogP contribution in [0.1, 0.15) is 24.4 Å². The highest BCUT2D eigenvalue weighted by molar-refractivity contribution is 5.84. The highest BCUT2D eigenvalue weighted by atomic mass is 19.1. The van der Waals surface area contributed by atoms with Crippen LogP contribution in [0.15, 0.2) is 48.8 Å². The van der Waals surface area contributed by atoms with E-state index in [1.807, 2.05) is 4.90 Å². The van der Waals surface area contributed by atoms with Gasteiger partial charge >= 0.3 is 0 Å². The van der Waals surface area contributed by atoms with Gasteiger partial charge in [-0.2, -0.15) is 5.10 Å². The van der Waals surface area contributed by atoms with Gasteiger partial charge in [-0.1, -0.05) is 0 Å². The minimum absolute atomic E-state index is 0.107. The summed E-state index contributed by atoms with van der Waals surface area (Å²) in [4.78, 5) is 14.3. The normalized spacial score (nSPS) is 16.1. The molecule has 1 fully saturated rings. The number of fused-ring (bicyclic) bond motifs is 2. The summed E-state index contributed by atoms with van der Waals surface area (Å²) in [5.41, 5.74) is 2.09. The summed E-state index contributed by atoms with van der Waals surface area (Å²) in [7, 11) is 1.40. The molecule has 10 heteroatoms. The zero-order valence-corrected chi connectivity index (χ0v) is 18.1. The van der Waals surface area contributed by atoms with Gasteiger partial charge in [-0.25, -0.2) is 27.7 Å². The predicted octanol–water partition coefficient (Wildman–Crippen LogP) is 5.04. The summed E-state index contributed by atoms with van der Waals surface area (Å²) in [5.74, 6) is -0.330. The van der Waals surface area contributed by atoms with Gasteiger partial charge in [-0.05, 0) is 49.2 Å². The van der Waals surface area contributed by atoms with E-state index >= 15 is 0 Å². The largest absolute Gasteiger partial charge is 0.494 e. The van der Waals surface area contributed by atoms with E-state index in [-0.39, 0.29) is 17.3 Å². The number of nitrogens with one attached hydrogen (secondary N) is 1. The van der Waals surface area contributed by atoms with Gasteiger partial charge in [0.1, 0.15) is 28.8 Å². The molecule has 3 aromatic heterocycles. The molecule has 1 saturated heterocycles. The number of aromatic amines is 1. The van der Waals surface area contributed by atoms with Gasteiger partial charge in [-0.3, -0.25) is 0 Å². The molecule has 34 heavy (non-hydrogen) atoms. The van der Waals surface area contributed by atoms with E-state index in [0.717, 1.165) is 18.6 Å². The van der Waals surface area contributed by atoms with Crippen molar-refractivity contribution in [1.29, 1.82) is 0 Å². The minimum atomic E-state index is -0.551. The molecule has 6 rings (SSSR count). The maximum absolute atomic E-state index is 14.7. The first-order chi connectivity index (χ1) is 16.5. The second-order valence-corrected chi connectivity index (χ2v) is 8.19. The number of methoxy groups -OCH3 is 1. The number of aromatic nitrogens is 5. The fourth-order valence-electron chi connectivity index (χ4n) is 4.63. The number of anilines is 1. The number of H-pyrrole nitrogens is 1. The summed E-state index contributed by atoms with van der Waals surface area (Å²) >= 11 is 0. The zero-order chi connectivity index (χ0) is 23.4. The molecule has 0 saturated carbocycles. The van der Waals surface area contributed by atoms with Gasteiger partial charge < -0.3 is 14.6 Å². The van der Waals surface area contributed by atoms with Crippen molar-refractivity contribution >= 4 is 22.5 Å². The minimum Gasteiger partial charge on any atom is -0.494 e. The number of rotatable bonds is 4. The molecule has 5 aromatic rings. The molecule has 0 unspecified atom stereocenters. The van der Waals surface area contributed by atoms with Crippen LogP contribution >= 0.6 is 0 Å². The lowest BCUT2D eigenvalue weighted by molar-refractivity contribution is 0.388. The van der Waals surface area contributed by atoms with Crippen molar-refractivity contribution in [2.75, 3.05) is 18.6 Å². The summed E-state index contributed by atoms with van der Waals surface area (Å²) in [5, 5.41) is 4.34. The number of halogens is 3. The second-order valence-electron chi connectivity index (χ2n) is 8.19. The Morgan fingerprint density at radius 3 is 2.82 bits per heavy atom. The standard InChI is InChI=1S/C24H19F3N6O/c1-34-19-7-6-17-22(21(19)27)31-23(29-17)15-12-28-33-10-8-20(30-24(15)33)32-9-2-3-18(32)14-11-13(25)4-5-16(14)26/h4-8,10-12,18H,2-3,9H2,1H3,(H,29,31)/t18-/m1/s1. The topological polar surface area (TPSA) is 71.3 Å². The zero-order valence-electron chi connectivity index (χ0n) is 18.1. The lowest BCUT2D eigenvalue weighted by Crippen LogP contribution is -2.24. The van der Waals surface area contributed by atoms with E-state index in [1.165, 1.54) is 19.2 Å². The fraction of sp³-hybridized carbons (Fsp3) is 0.208. The summed E-state index contributed by atoms with van der Waals surface area (Å²) in [6.45, 7) is 0.656. The van der Waals surface area contributed by atoms with Crippen LogP contribution in [0.5, 0.6) is 5.75 Å². The first kappa shape index (κ1) is 20.5. The lowest BCUT2D eigenvalue weighted by Gasteiger charge is -2.26. The third-order valence-corrected chi connectivity index (χ3v) is 6.25. The number of ether oxygens (including phenoxy) is 1. The molecule has 7 nitrogen and oxygen atoms in total. The molecule has 0 amide bonds. The Labute approximate surface area is 191 Å². The molecule has 2 aromatic carbocycles. The van der Waals surface area contributed by atoms with Gasteiger partial charge in [-0.15, -0.1) is 0 Å². The third kappa shape index (κ3) is 3.17. The number of hydrogen-bond donors (Lipinski definition) is 1. The molecule has 4 heterocycles. The second kappa shape index (κ2) is 7.75. The van der Waals surface area contributed by atoms with Gasteiger partial charge in [0.2, 0.25) is 0 Å². The van der Waals surface area contributed by atoms with Crippen molar-refractivity contribution in [2.45, 2.75) is 18.9 Å². The number of imidazole rings is 1. The highest BCUT2D eigenvalue weighted by Crippen LogP contribution is 2.37. The first-order valence-corrected chi connectivity index (χ1v) is 10.8. The first-order valence-electron chi connectivity index (χ1n) is 10.8. The van der Waals surface area contributed by atoms with Crippen molar-refractivity contribution in [3.63, 3.8) is 0 Å². The van der Waals surface area contributed by atoms with Crippen molar-refractivity contribution in [1.82, 2.24) is 24.6 Å². The molecule has 1 aliphatic heterocycles. The third-order valence-electron chi connectivity index (χ3n) is 6.25. The van der Waals surface area contributed by atoms with Crippen molar-refractivity contribution in [3.8, 4) is 17.1 Å². The SMILES string of the molecule is COc1ccc2[nH]c(-c3cnn4ccc(N5CCC[C@@H]5c5cc(F)ccc5F)nc34)nc2c1F. The van der Waals surface area contributed by atoms with Gasteiger partial charge in [0.05, 0.1) is 30.4 Å². The van der Waals surface area contributed by atoms with Gasteiger partial charge in [0.25, 0.3) is 0 Å². The van der Waals surface area contributed by atoms with Crippen LogP contribution in [-0.4, -0.2) is 38.2 Å². The average Bonchev–Trinajstić information content (AvgIpc) is 3.58. The molecule has 1 atom stereocenters. The Bertz CT molecular complexity index is 1550. The van der Waals surface area contributed by atoms with Crippen molar-refractivity contribution in [2.24, 2.45) is 0 Å². The number of benzene rings is 2. The molecule has 0 spiro atoms.